The highest BCUT2D eigenvalue weighted by atomic mass is 19.1. The lowest BCUT2D eigenvalue weighted by atomic mass is 10.1. The molecule has 92 valence electrons. The number of aliphatic hydroxyl groups excluding tert-OH is 1. The first-order valence-corrected chi connectivity index (χ1v) is 5.44. The van der Waals surface area contributed by atoms with E-state index in [1.165, 1.54) is 12.1 Å². The van der Waals surface area contributed by atoms with E-state index in [9.17, 15) is 14.3 Å². The zero-order chi connectivity index (χ0) is 12.7. The van der Waals surface area contributed by atoms with E-state index in [2.05, 4.69) is 11.9 Å². The second-order valence-corrected chi connectivity index (χ2v) is 3.68. The Labute approximate surface area is 100.0 Å². The van der Waals surface area contributed by atoms with Crippen LogP contribution in [-0.2, 0) is 4.79 Å². The molecule has 0 aliphatic carbocycles. The van der Waals surface area contributed by atoms with Gasteiger partial charge in [0.05, 0.1) is 12.6 Å². The maximum atomic E-state index is 12.7. The highest BCUT2D eigenvalue weighted by Crippen LogP contribution is 2.13. The van der Waals surface area contributed by atoms with Crippen molar-refractivity contribution < 1.29 is 14.3 Å². The van der Waals surface area contributed by atoms with Crippen molar-refractivity contribution in [1.82, 2.24) is 5.32 Å². The summed E-state index contributed by atoms with van der Waals surface area (Å²) >= 11 is 0. The molecule has 1 atom stereocenters. The Kier molecular flexibility index (Phi) is 5.36. The van der Waals surface area contributed by atoms with Crippen molar-refractivity contribution in [2.45, 2.75) is 18.9 Å². The molecular weight excluding hydrogens is 221 g/mol. The number of amides is 1. The molecular formula is C13H16FNO2. The zero-order valence-electron chi connectivity index (χ0n) is 9.53. The summed E-state index contributed by atoms with van der Waals surface area (Å²) in [4.78, 5) is 11.5. The molecule has 0 unspecified atom stereocenters. The molecule has 0 aromatic heterocycles. The van der Waals surface area contributed by atoms with E-state index in [1.54, 1.807) is 18.2 Å². The van der Waals surface area contributed by atoms with Crippen LogP contribution in [0.3, 0.4) is 0 Å². The number of nitrogens with one attached hydrogen (secondary N) is 1. The Morgan fingerprint density at radius 1 is 1.47 bits per heavy atom. The second kappa shape index (κ2) is 6.81. The Hall–Kier alpha value is -1.68. The summed E-state index contributed by atoms with van der Waals surface area (Å²) in [5.41, 5.74) is 0.681. The van der Waals surface area contributed by atoms with Gasteiger partial charge in [0.25, 0.3) is 0 Å². The number of carbonyl (C=O) groups excluding carboxylic acids is 1. The highest BCUT2D eigenvalue weighted by Gasteiger charge is 2.12. The SMILES string of the molecule is C=CCCC(=O)N[C@@H](CO)c1ccc(F)cc1. The van der Waals surface area contributed by atoms with Crippen molar-refractivity contribution in [3.63, 3.8) is 0 Å². The van der Waals surface area contributed by atoms with Gasteiger partial charge in [0.2, 0.25) is 5.91 Å². The molecule has 1 aromatic rings. The fourth-order valence-corrected chi connectivity index (χ4v) is 1.43. The molecule has 1 amide bonds. The maximum Gasteiger partial charge on any atom is 0.220 e. The van der Waals surface area contributed by atoms with Crippen molar-refractivity contribution >= 4 is 5.91 Å². The number of aliphatic hydroxyl groups is 1. The van der Waals surface area contributed by atoms with E-state index < -0.39 is 6.04 Å². The number of hydrogen-bond donors (Lipinski definition) is 2. The van der Waals surface area contributed by atoms with Crippen LogP contribution >= 0.6 is 0 Å². The van der Waals surface area contributed by atoms with Gasteiger partial charge in [-0.1, -0.05) is 18.2 Å². The van der Waals surface area contributed by atoms with Gasteiger partial charge < -0.3 is 10.4 Å². The summed E-state index contributed by atoms with van der Waals surface area (Å²) in [5, 5.41) is 11.9. The molecule has 0 spiro atoms. The van der Waals surface area contributed by atoms with Crippen LogP contribution in [0.5, 0.6) is 0 Å². The fourth-order valence-electron chi connectivity index (χ4n) is 1.43. The van der Waals surface area contributed by atoms with E-state index in [0.717, 1.165) is 0 Å². The lowest BCUT2D eigenvalue weighted by molar-refractivity contribution is -0.122. The third-order valence-corrected chi connectivity index (χ3v) is 2.37. The van der Waals surface area contributed by atoms with Gasteiger partial charge in [0.1, 0.15) is 5.82 Å². The van der Waals surface area contributed by atoms with E-state index in [0.29, 0.717) is 18.4 Å². The van der Waals surface area contributed by atoms with E-state index in [4.69, 9.17) is 0 Å². The van der Waals surface area contributed by atoms with E-state index >= 15 is 0 Å². The summed E-state index contributed by atoms with van der Waals surface area (Å²) in [6.07, 6.45) is 2.58. The monoisotopic (exact) mass is 237 g/mol. The Bertz CT molecular complexity index is 376. The summed E-state index contributed by atoms with van der Waals surface area (Å²) in [5.74, 6) is -0.503. The standard InChI is InChI=1S/C13H16FNO2/c1-2-3-4-13(17)15-12(9-16)10-5-7-11(14)8-6-10/h2,5-8,12,16H,1,3-4,9H2,(H,15,17)/t12-/m0/s1. The van der Waals surface area contributed by atoms with Crippen molar-refractivity contribution in [2.75, 3.05) is 6.61 Å². The van der Waals surface area contributed by atoms with Crippen LogP contribution in [0.4, 0.5) is 4.39 Å². The predicted molar refractivity (Wildman–Crippen MR) is 63.8 cm³/mol. The van der Waals surface area contributed by atoms with Crippen LogP contribution in [0, 0.1) is 5.82 Å². The van der Waals surface area contributed by atoms with Crippen LogP contribution in [-0.4, -0.2) is 17.6 Å². The average molecular weight is 237 g/mol. The number of benzene rings is 1. The first-order valence-electron chi connectivity index (χ1n) is 5.44. The first kappa shape index (κ1) is 13.4. The average Bonchev–Trinajstić information content (AvgIpc) is 2.34. The number of carbonyl (C=O) groups is 1. The molecule has 0 aliphatic rings. The molecule has 3 nitrogen and oxygen atoms in total. The molecule has 4 heteroatoms. The van der Waals surface area contributed by atoms with E-state index in [-0.39, 0.29) is 18.3 Å². The second-order valence-electron chi connectivity index (χ2n) is 3.68. The van der Waals surface area contributed by atoms with Gasteiger partial charge in [-0.05, 0) is 24.1 Å². The molecule has 1 rings (SSSR count). The van der Waals surface area contributed by atoms with Gasteiger partial charge in [0, 0.05) is 6.42 Å². The molecule has 0 saturated carbocycles. The van der Waals surface area contributed by atoms with Gasteiger partial charge in [-0.15, -0.1) is 6.58 Å². The largest absolute Gasteiger partial charge is 0.394 e. The highest BCUT2D eigenvalue weighted by molar-refractivity contribution is 5.76. The summed E-state index contributed by atoms with van der Waals surface area (Å²) < 4.78 is 12.7. The topological polar surface area (TPSA) is 49.3 Å². The quantitative estimate of drug-likeness (QED) is 0.743. The van der Waals surface area contributed by atoms with E-state index in [1.807, 2.05) is 0 Å². The zero-order valence-corrected chi connectivity index (χ0v) is 9.53. The lowest BCUT2D eigenvalue weighted by Crippen LogP contribution is -2.30. The number of halogens is 1. The molecule has 0 heterocycles. The smallest absolute Gasteiger partial charge is 0.220 e. The molecule has 0 fully saturated rings. The molecule has 0 saturated heterocycles. The van der Waals surface area contributed by atoms with Gasteiger partial charge in [0.15, 0.2) is 0 Å². The van der Waals surface area contributed by atoms with Gasteiger partial charge >= 0.3 is 0 Å². The lowest BCUT2D eigenvalue weighted by Gasteiger charge is -2.16. The number of rotatable bonds is 6. The Morgan fingerprint density at radius 2 is 2.12 bits per heavy atom. The van der Waals surface area contributed by atoms with Gasteiger partial charge in [-0.25, -0.2) is 4.39 Å². The number of hydrogen-bond acceptors (Lipinski definition) is 2. The van der Waals surface area contributed by atoms with Crippen LogP contribution in [0.2, 0.25) is 0 Å². The molecule has 0 aliphatic heterocycles. The van der Waals surface area contributed by atoms with Crippen LogP contribution < -0.4 is 5.32 Å². The van der Waals surface area contributed by atoms with Crippen molar-refractivity contribution in [1.29, 1.82) is 0 Å². The third kappa shape index (κ3) is 4.36. The van der Waals surface area contributed by atoms with Crippen molar-refractivity contribution in [3.05, 3.63) is 48.3 Å². The van der Waals surface area contributed by atoms with Crippen molar-refractivity contribution in [2.24, 2.45) is 0 Å². The van der Waals surface area contributed by atoms with Gasteiger partial charge in [-0.2, -0.15) is 0 Å². The Morgan fingerprint density at radius 3 is 2.65 bits per heavy atom. The predicted octanol–water partition coefficient (Wildman–Crippen LogP) is 1.94. The third-order valence-electron chi connectivity index (χ3n) is 2.37. The van der Waals surface area contributed by atoms with Crippen molar-refractivity contribution in [3.8, 4) is 0 Å². The molecule has 1 aromatic carbocycles. The minimum atomic E-state index is -0.493. The van der Waals surface area contributed by atoms with Crippen LogP contribution in [0.15, 0.2) is 36.9 Å². The fraction of sp³-hybridized carbons (Fsp3) is 0.308. The van der Waals surface area contributed by atoms with Gasteiger partial charge in [-0.3, -0.25) is 4.79 Å². The molecule has 0 bridgehead atoms. The minimum absolute atomic E-state index is 0.159. The maximum absolute atomic E-state index is 12.7. The normalized spacial score (nSPS) is 11.9. The summed E-state index contributed by atoms with van der Waals surface area (Å²) in [7, 11) is 0. The molecule has 17 heavy (non-hydrogen) atoms. The van der Waals surface area contributed by atoms with Crippen LogP contribution in [0.1, 0.15) is 24.4 Å². The number of allylic oxidation sites excluding steroid dienone is 1. The summed E-state index contributed by atoms with van der Waals surface area (Å²) in [6, 6.07) is 5.20. The van der Waals surface area contributed by atoms with Crippen LogP contribution in [0.25, 0.3) is 0 Å². The summed E-state index contributed by atoms with van der Waals surface area (Å²) in [6.45, 7) is 3.31. The molecule has 2 N–H and O–H groups in total. The minimum Gasteiger partial charge on any atom is -0.394 e. The molecule has 0 radical (unpaired) electrons. The Balaban J connectivity index is 2.62. The first-order chi connectivity index (χ1) is 8.17.